The molecule has 0 aliphatic heterocycles. The van der Waals surface area contributed by atoms with Gasteiger partial charge >= 0.3 is 0 Å². The average Bonchev–Trinajstić information content (AvgIpc) is 3.07. The molecule has 0 radical (unpaired) electrons. The fourth-order valence-electron chi connectivity index (χ4n) is 2.18. The van der Waals surface area contributed by atoms with Gasteiger partial charge in [0.05, 0.1) is 12.2 Å². The maximum atomic E-state index is 12.0. The van der Waals surface area contributed by atoms with E-state index in [0.29, 0.717) is 16.6 Å². The summed E-state index contributed by atoms with van der Waals surface area (Å²) in [5.74, 6) is 0.902. The van der Waals surface area contributed by atoms with E-state index in [1.165, 1.54) is 4.68 Å². The third-order valence-electron chi connectivity index (χ3n) is 3.41. The lowest BCUT2D eigenvalue weighted by Crippen LogP contribution is -2.29. The standard InChI is InChI=1S/C17H16ClN5O2/c1-12-3-2-4-15(9-12)25-11-17(24)19-10-16-20-21-22-23(16)14-7-5-13(18)6-8-14/h2-9H,10-11H2,1H3,(H,19,24). The summed E-state index contributed by atoms with van der Waals surface area (Å²) in [7, 11) is 0. The van der Waals surface area contributed by atoms with Gasteiger partial charge in [0.2, 0.25) is 0 Å². The average molecular weight is 358 g/mol. The SMILES string of the molecule is Cc1cccc(OCC(=O)NCc2nnnn2-c2ccc(Cl)cc2)c1. The van der Waals surface area contributed by atoms with Gasteiger partial charge in [-0.1, -0.05) is 23.7 Å². The van der Waals surface area contributed by atoms with Gasteiger partial charge in [-0.3, -0.25) is 4.79 Å². The molecule has 1 aromatic heterocycles. The number of nitrogens with zero attached hydrogens (tertiary/aromatic N) is 4. The van der Waals surface area contributed by atoms with Crippen molar-refractivity contribution in [2.24, 2.45) is 0 Å². The zero-order chi connectivity index (χ0) is 17.6. The molecule has 0 atom stereocenters. The zero-order valence-corrected chi connectivity index (χ0v) is 14.3. The molecule has 3 aromatic rings. The van der Waals surface area contributed by atoms with Crippen LogP contribution < -0.4 is 10.1 Å². The Balaban J connectivity index is 1.56. The molecule has 1 N–H and O–H groups in total. The fraction of sp³-hybridized carbons (Fsp3) is 0.176. The van der Waals surface area contributed by atoms with Crippen molar-refractivity contribution in [1.29, 1.82) is 0 Å². The van der Waals surface area contributed by atoms with Gasteiger partial charge in [-0.2, -0.15) is 4.68 Å². The normalized spacial score (nSPS) is 10.5. The van der Waals surface area contributed by atoms with E-state index in [1.54, 1.807) is 30.3 Å². The van der Waals surface area contributed by atoms with Gasteiger partial charge in [-0.05, 0) is 59.3 Å². The van der Waals surface area contributed by atoms with E-state index >= 15 is 0 Å². The van der Waals surface area contributed by atoms with Crippen LogP contribution in [0.25, 0.3) is 5.69 Å². The molecule has 8 heteroatoms. The molecule has 0 saturated carbocycles. The van der Waals surface area contributed by atoms with Gasteiger partial charge in [-0.25, -0.2) is 0 Å². The predicted molar refractivity (Wildman–Crippen MR) is 92.7 cm³/mol. The first-order valence-electron chi connectivity index (χ1n) is 7.61. The Morgan fingerprint density at radius 1 is 1.24 bits per heavy atom. The number of aromatic nitrogens is 4. The zero-order valence-electron chi connectivity index (χ0n) is 13.5. The van der Waals surface area contributed by atoms with E-state index in [2.05, 4.69) is 20.8 Å². The number of carbonyl (C=O) groups excluding carboxylic acids is 1. The second-order valence-corrected chi connectivity index (χ2v) is 5.80. The number of amides is 1. The van der Waals surface area contributed by atoms with E-state index < -0.39 is 0 Å². The number of carbonyl (C=O) groups is 1. The molecule has 1 heterocycles. The molecule has 0 spiro atoms. The van der Waals surface area contributed by atoms with Gasteiger partial charge < -0.3 is 10.1 Å². The highest BCUT2D eigenvalue weighted by molar-refractivity contribution is 6.30. The Labute approximate surface area is 149 Å². The van der Waals surface area contributed by atoms with E-state index in [1.807, 2.05) is 25.1 Å². The molecule has 0 bridgehead atoms. The van der Waals surface area contributed by atoms with Crippen molar-refractivity contribution in [3.05, 3.63) is 64.9 Å². The fourth-order valence-corrected chi connectivity index (χ4v) is 2.31. The molecular weight excluding hydrogens is 342 g/mol. The van der Waals surface area contributed by atoms with Crippen LogP contribution in [0, 0.1) is 6.92 Å². The summed E-state index contributed by atoms with van der Waals surface area (Å²) < 4.78 is 7.00. The highest BCUT2D eigenvalue weighted by atomic mass is 35.5. The van der Waals surface area contributed by atoms with Crippen molar-refractivity contribution < 1.29 is 9.53 Å². The van der Waals surface area contributed by atoms with Crippen LogP contribution in [0.2, 0.25) is 5.02 Å². The topological polar surface area (TPSA) is 81.9 Å². The lowest BCUT2D eigenvalue weighted by Gasteiger charge is -2.08. The second kappa shape index (κ2) is 7.76. The first-order chi connectivity index (χ1) is 12.1. The number of benzene rings is 2. The minimum atomic E-state index is -0.257. The summed E-state index contributed by atoms with van der Waals surface area (Å²) in [4.78, 5) is 12.0. The Hall–Kier alpha value is -2.93. The summed E-state index contributed by atoms with van der Waals surface area (Å²) in [5, 5.41) is 14.9. The number of tetrazole rings is 1. The highest BCUT2D eigenvalue weighted by Crippen LogP contribution is 2.14. The minimum Gasteiger partial charge on any atom is -0.484 e. The summed E-state index contributed by atoms with van der Waals surface area (Å²) >= 11 is 5.88. The third-order valence-corrected chi connectivity index (χ3v) is 3.66. The largest absolute Gasteiger partial charge is 0.484 e. The molecular formula is C17H16ClN5O2. The highest BCUT2D eigenvalue weighted by Gasteiger charge is 2.10. The molecule has 128 valence electrons. The van der Waals surface area contributed by atoms with E-state index in [0.717, 1.165) is 11.3 Å². The monoisotopic (exact) mass is 357 g/mol. The van der Waals surface area contributed by atoms with Crippen molar-refractivity contribution in [3.8, 4) is 11.4 Å². The predicted octanol–water partition coefficient (Wildman–Crippen LogP) is 2.32. The van der Waals surface area contributed by atoms with Crippen LogP contribution in [0.3, 0.4) is 0 Å². The number of ether oxygens (including phenoxy) is 1. The lowest BCUT2D eigenvalue weighted by molar-refractivity contribution is -0.123. The Morgan fingerprint density at radius 3 is 2.80 bits per heavy atom. The number of nitrogens with one attached hydrogen (secondary N) is 1. The molecule has 0 unspecified atom stereocenters. The van der Waals surface area contributed by atoms with Crippen LogP contribution in [-0.4, -0.2) is 32.7 Å². The van der Waals surface area contributed by atoms with Crippen LogP contribution in [0.1, 0.15) is 11.4 Å². The molecule has 0 saturated heterocycles. The van der Waals surface area contributed by atoms with Crippen molar-refractivity contribution in [2.75, 3.05) is 6.61 Å². The van der Waals surface area contributed by atoms with Gasteiger partial charge in [0.15, 0.2) is 12.4 Å². The van der Waals surface area contributed by atoms with E-state index in [4.69, 9.17) is 16.3 Å². The van der Waals surface area contributed by atoms with Crippen LogP contribution in [-0.2, 0) is 11.3 Å². The summed E-state index contributed by atoms with van der Waals surface area (Å²) in [6.07, 6.45) is 0. The van der Waals surface area contributed by atoms with Gasteiger partial charge in [0.1, 0.15) is 5.75 Å². The van der Waals surface area contributed by atoms with E-state index in [-0.39, 0.29) is 19.1 Å². The van der Waals surface area contributed by atoms with E-state index in [9.17, 15) is 4.79 Å². The number of halogens is 1. The molecule has 3 rings (SSSR count). The van der Waals surface area contributed by atoms with Crippen LogP contribution >= 0.6 is 11.6 Å². The summed E-state index contributed by atoms with van der Waals surface area (Å²) in [6.45, 7) is 2.07. The lowest BCUT2D eigenvalue weighted by atomic mass is 10.2. The first kappa shape index (κ1) is 16.9. The molecule has 0 fully saturated rings. The Bertz CT molecular complexity index is 863. The van der Waals surface area contributed by atoms with Crippen LogP contribution in [0.5, 0.6) is 5.75 Å². The maximum absolute atomic E-state index is 12.0. The van der Waals surface area contributed by atoms with Gasteiger partial charge in [0.25, 0.3) is 5.91 Å². The second-order valence-electron chi connectivity index (χ2n) is 5.37. The van der Waals surface area contributed by atoms with Crippen LogP contribution in [0.15, 0.2) is 48.5 Å². The van der Waals surface area contributed by atoms with Gasteiger partial charge in [0, 0.05) is 5.02 Å². The number of hydrogen-bond acceptors (Lipinski definition) is 5. The number of rotatable bonds is 6. The molecule has 1 amide bonds. The molecule has 2 aromatic carbocycles. The first-order valence-corrected chi connectivity index (χ1v) is 7.99. The quantitative estimate of drug-likeness (QED) is 0.732. The number of hydrogen-bond donors (Lipinski definition) is 1. The van der Waals surface area contributed by atoms with Crippen molar-refractivity contribution >= 4 is 17.5 Å². The van der Waals surface area contributed by atoms with Crippen molar-refractivity contribution in [1.82, 2.24) is 25.5 Å². The van der Waals surface area contributed by atoms with Crippen LogP contribution in [0.4, 0.5) is 0 Å². The Morgan fingerprint density at radius 2 is 2.04 bits per heavy atom. The van der Waals surface area contributed by atoms with Crippen molar-refractivity contribution in [2.45, 2.75) is 13.5 Å². The third kappa shape index (κ3) is 4.54. The smallest absolute Gasteiger partial charge is 0.258 e. The molecule has 0 aliphatic carbocycles. The summed E-state index contributed by atoms with van der Waals surface area (Å²) in [6, 6.07) is 14.6. The minimum absolute atomic E-state index is 0.0774. The molecule has 0 aliphatic rings. The van der Waals surface area contributed by atoms with Crippen molar-refractivity contribution in [3.63, 3.8) is 0 Å². The molecule has 7 nitrogen and oxygen atoms in total. The summed E-state index contributed by atoms with van der Waals surface area (Å²) in [5.41, 5.74) is 1.83. The number of aryl methyl sites for hydroxylation is 1. The Kier molecular flexibility index (Phi) is 5.25. The molecule has 25 heavy (non-hydrogen) atoms. The van der Waals surface area contributed by atoms with Gasteiger partial charge in [-0.15, -0.1) is 5.10 Å². The maximum Gasteiger partial charge on any atom is 0.258 e.